The van der Waals surface area contributed by atoms with E-state index >= 15 is 0 Å². The van der Waals surface area contributed by atoms with Gasteiger partial charge in [-0.2, -0.15) is 13.2 Å². The number of halogens is 4. The van der Waals surface area contributed by atoms with Gasteiger partial charge in [0.2, 0.25) is 0 Å². The third-order valence-electron chi connectivity index (χ3n) is 3.96. The summed E-state index contributed by atoms with van der Waals surface area (Å²) in [4.78, 5) is 11.1. The lowest BCUT2D eigenvalue weighted by Crippen LogP contribution is -2.43. The van der Waals surface area contributed by atoms with E-state index < -0.39 is 22.4 Å². The molecule has 0 aliphatic heterocycles. The van der Waals surface area contributed by atoms with Crippen LogP contribution in [0.3, 0.4) is 0 Å². The Bertz CT molecular complexity index is 810. The summed E-state index contributed by atoms with van der Waals surface area (Å²) in [5, 5.41) is 0. The molecule has 2 aromatic carbocycles. The molecule has 0 spiro atoms. The zero-order valence-electron chi connectivity index (χ0n) is 12.5. The quantitative estimate of drug-likeness (QED) is 0.743. The number of hydrogen-bond acceptors (Lipinski definition) is 2. The maximum absolute atomic E-state index is 12.7. The highest BCUT2D eigenvalue weighted by molar-refractivity contribution is 6.52. The summed E-state index contributed by atoms with van der Waals surface area (Å²) >= 11 is 6.45. The molecule has 1 atom stereocenters. The van der Waals surface area contributed by atoms with Crippen LogP contribution in [0.4, 0.5) is 13.2 Å². The first kappa shape index (κ1) is 16.6. The van der Waals surface area contributed by atoms with E-state index in [4.69, 9.17) is 16.3 Å². The van der Waals surface area contributed by atoms with Gasteiger partial charge in [0.25, 0.3) is 0 Å². The number of ketones is 1. The first-order valence-corrected chi connectivity index (χ1v) is 7.43. The normalized spacial score (nSPS) is 20.8. The highest BCUT2D eigenvalue weighted by Crippen LogP contribution is 2.52. The number of allylic oxidation sites excluding steroid dienone is 2. The number of methoxy groups -OCH3 is 1. The van der Waals surface area contributed by atoms with Crippen molar-refractivity contribution in [1.29, 1.82) is 0 Å². The maximum Gasteiger partial charge on any atom is 0.416 e. The minimum atomic E-state index is -4.45. The van der Waals surface area contributed by atoms with E-state index in [0.29, 0.717) is 11.1 Å². The van der Waals surface area contributed by atoms with Gasteiger partial charge in [0, 0.05) is 0 Å². The van der Waals surface area contributed by atoms with E-state index in [2.05, 4.69) is 0 Å². The van der Waals surface area contributed by atoms with E-state index in [-0.39, 0.29) is 11.3 Å². The van der Waals surface area contributed by atoms with Crippen molar-refractivity contribution in [1.82, 2.24) is 0 Å². The van der Waals surface area contributed by atoms with E-state index in [0.717, 1.165) is 12.1 Å². The lowest BCUT2D eigenvalue weighted by atomic mass is 9.74. The Hall–Kier alpha value is -2.27. The maximum atomic E-state index is 12.7. The van der Waals surface area contributed by atoms with Crippen molar-refractivity contribution in [2.75, 3.05) is 7.11 Å². The second kappa shape index (κ2) is 5.67. The zero-order valence-corrected chi connectivity index (χ0v) is 13.3. The van der Waals surface area contributed by atoms with E-state index in [1.807, 2.05) is 6.07 Å². The highest BCUT2D eigenvalue weighted by atomic mass is 35.5. The Balaban J connectivity index is 2.05. The SMILES string of the molecule is COC1=C(c2ccccc2)C(=O)C1(Cl)c1ccc(C(F)(F)F)cc1. The van der Waals surface area contributed by atoms with Crippen molar-refractivity contribution in [2.45, 2.75) is 11.1 Å². The first-order chi connectivity index (χ1) is 11.3. The van der Waals surface area contributed by atoms with Gasteiger partial charge < -0.3 is 4.74 Å². The van der Waals surface area contributed by atoms with Crippen LogP contribution in [0.25, 0.3) is 5.57 Å². The number of carbonyl (C=O) groups excluding carboxylic acids is 1. The van der Waals surface area contributed by atoms with Crippen LogP contribution in [-0.4, -0.2) is 12.9 Å². The number of ether oxygens (including phenoxy) is 1. The number of benzene rings is 2. The number of rotatable bonds is 3. The molecule has 0 aromatic heterocycles. The van der Waals surface area contributed by atoms with Crippen LogP contribution in [0.15, 0.2) is 60.4 Å². The largest absolute Gasteiger partial charge is 0.498 e. The van der Waals surface area contributed by atoms with Crippen molar-refractivity contribution in [2.24, 2.45) is 0 Å². The lowest BCUT2D eigenvalue weighted by Gasteiger charge is -2.38. The summed E-state index contributed by atoms with van der Waals surface area (Å²) < 4.78 is 43.3. The fourth-order valence-electron chi connectivity index (χ4n) is 2.75. The summed E-state index contributed by atoms with van der Waals surface area (Å²) in [6, 6.07) is 13.1. The Morgan fingerprint density at radius 3 is 2.08 bits per heavy atom. The van der Waals surface area contributed by atoms with E-state index in [1.54, 1.807) is 24.3 Å². The summed E-state index contributed by atoms with van der Waals surface area (Å²) in [7, 11) is 1.38. The molecule has 2 nitrogen and oxygen atoms in total. The van der Waals surface area contributed by atoms with Gasteiger partial charge in [0.05, 0.1) is 18.2 Å². The number of Topliss-reactive ketones (excluding diaryl/α,β-unsaturated/α-hetero) is 1. The zero-order chi connectivity index (χ0) is 17.5. The van der Waals surface area contributed by atoms with Crippen molar-refractivity contribution in [3.05, 3.63) is 77.0 Å². The minimum Gasteiger partial charge on any atom is -0.498 e. The van der Waals surface area contributed by atoms with Crippen molar-refractivity contribution < 1.29 is 22.7 Å². The Kier molecular flexibility index (Phi) is 3.92. The fourth-order valence-corrected chi connectivity index (χ4v) is 3.14. The minimum absolute atomic E-state index is 0.236. The smallest absolute Gasteiger partial charge is 0.416 e. The lowest BCUT2D eigenvalue weighted by molar-refractivity contribution is -0.137. The third-order valence-corrected chi connectivity index (χ3v) is 4.52. The van der Waals surface area contributed by atoms with Crippen molar-refractivity contribution in [3.8, 4) is 0 Å². The topological polar surface area (TPSA) is 26.3 Å². The molecule has 2 aromatic rings. The second-order valence-corrected chi connectivity index (χ2v) is 5.90. The van der Waals surface area contributed by atoms with Gasteiger partial charge in [-0.25, -0.2) is 0 Å². The summed E-state index contributed by atoms with van der Waals surface area (Å²) in [5.74, 6) is -0.160. The Labute approximate surface area is 141 Å². The number of alkyl halides is 4. The molecule has 0 saturated heterocycles. The molecule has 1 unspecified atom stereocenters. The molecule has 1 aliphatic rings. The summed E-state index contributed by atoms with van der Waals surface area (Å²) in [6.07, 6.45) is -4.45. The van der Waals surface area contributed by atoms with E-state index in [1.165, 1.54) is 19.2 Å². The average molecular weight is 353 g/mol. The van der Waals surface area contributed by atoms with Crippen molar-refractivity contribution >= 4 is 23.0 Å². The van der Waals surface area contributed by atoms with E-state index in [9.17, 15) is 18.0 Å². The molecular weight excluding hydrogens is 341 g/mol. The summed E-state index contributed by atoms with van der Waals surface area (Å²) in [6.45, 7) is 0. The monoisotopic (exact) mass is 352 g/mol. The molecule has 1 aliphatic carbocycles. The van der Waals surface area contributed by atoms with Crippen LogP contribution in [0, 0.1) is 0 Å². The fraction of sp³-hybridized carbons (Fsp3) is 0.167. The molecule has 24 heavy (non-hydrogen) atoms. The number of carbonyl (C=O) groups is 1. The van der Waals surface area contributed by atoms with Crippen LogP contribution < -0.4 is 0 Å². The van der Waals surface area contributed by atoms with Gasteiger partial charge in [-0.1, -0.05) is 54.1 Å². The highest BCUT2D eigenvalue weighted by Gasteiger charge is 2.56. The molecule has 0 heterocycles. The Morgan fingerprint density at radius 2 is 1.58 bits per heavy atom. The van der Waals surface area contributed by atoms with Crippen LogP contribution >= 0.6 is 11.6 Å². The van der Waals surface area contributed by atoms with Crippen LogP contribution in [0.2, 0.25) is 0 Å². The third kappa shape index (κ3) is 2.40. The second-order valence-electron chi connectivity index (χ2n) is 5.34. The van der Waals surface area contributed by atoms with Gasteiger partial charge in [0.1, 0.15) is 5.76 Å². The average Bonchev–Trinajstić information content (AvgIpc) is 2.58. The molecule has 6 heteroatoms. The van der Waals surface area contributed by atoms with Crippen molar-refractivity contribution in [3.63, 3.8) is 0 Å². The van der Waals surface area contributed by atoms with Gasteiger partial charge in [-0.05, 0) is 23.3 Å². The standard InChI is InChI=1S/C18H12ClF3O2/c1-24-16-14(11-5-3-2-4-6-11)15(23)17(16,19)12-7-9-13(10-8-12)18(20,21)22/h2-10H,1H3. The van der Waals surface area contributed by atoms with Gasteiger partial charge >= 0.3 is 6.18 Å². The molecular formula is C18H12ClF3O2. The summed E-state index contributed by atoms with van der Waals surface area (Å²) in [5.41, 5.74) is 0.443. The molecule has 3 rings (SSSR count). The number of hydrogen-bond donors (Lipinski definition) is 0. The molecule has 0 N–H and O–H groups in total. The Morgan fingerprint density at radius 1 is 1.00 bits per heavy atom. The molecule has 0 radical (unpaired) electrons. The van der Waals surface area contributed by atoms with Crippen LogP contribution in [0.1, 0.15) is 16.7 Å². The van der Waals surface area contributed by atoms with Crippen LogP contribution in [0.5, 0.6) is 0 Å². The van der Waals surface area contributed by atoms with Gasteiger partial charge in [-0.15, -0.1) is 0 Å². The predicted molar refractivity (Wildman–Crippen MR) is 84.4 cm³/mol. The van der Waals surface area contributed by atoms with Gasteiger partial charge in [0.15, 0.2) is 10.7 Å². The first-order valence-electron chi connectivity index (χ1n) is 7.05. The molecule has 0 bridgehead atoms. The van der Waals surface area contributed by atoms with Gasteiger partial charge in [-0.3, -0.25) is 4.79 Å². The predicted octanol–water partition coefficient (Wildman–Crippen LogP) is 4.78. The molecule has 0 amide bonds. The molecule has 0 fully saturated rings. The molecule has 124 valence electrons. The van der Waals surface area contributed by atoms with Crippen LogP contribution in [-0.2, 0) is 20.6 Å². The molecule has 0 saturated carbocycles.